The zero-order valence-corrected chi connectivity index (χ0v) is 15.1. The van der Waals surface area contributed by atoms with Crippen LogP contribution < -0.4 is 5.73 Å². The molecule has 1 saturated heterocycles. The number of hydrogen-bond acceptors (Lipinski definition) is 4. The number of alkyl halides is 3. The fourth-order valence-corrected chi connectivity index (χ4v) is 4.73. The molecule has 1 fully saturated rings. The monoisotopic (exact) mass is 371 g/mol. The highest BCUT2D eigenvalue weighted by atomic mass is 32.1. The molecule has 0 bridgehead atoms. The van der Waals surface area contributed by atoms with Crippen LogP contribution in [-0.2, 0) is 6.18 Å². The number of aryl methyl sites for hydroxylation is 1. The van der Waals surface area contributed by atoms with E-state index in [0.717, 1.165) is 23.8 Å². The Morgan fingerprint density at radius 2 is 1.92 bits per heavy atom. The largest absolute Gasteiger partial charge is 0.433 e. The van der Waals surface area contributed by atoms with Gasteiger partial charge in [-0.15, -0.1) is 11.3 Å². The summed E-state index contributed by atoms with van der Waals surface area (Å²) in [7, 11) is 0. The Hall–Kier alpha value is -1.83. The van der Waals surface area contributed by atoms with Crippen molar-refractivity contribution >= 4 is 33.1 Å². The standard InChI is InChI=1S/C17H20F3N3OS/c1-8-4-9(2)7-23(6-8)16(24)14-13(21)12-10(3)5-11(17(18,19)20)22-15(12)25-14/h5,8-9H,4,6-7,21H2,1-3H3. The number of aromatic nitrogens is 1. The third-order valence-electron chi connectivity index (χ3n) is 4.54. The number of fused-ring (bicyclic) bond motifs is 1. The highest BCUT2D eigenvalue weighted by Crippen LogP contribution is 2.39. The van der Waals surface area contributed by atoms with Crippen LogP contribution >= 0.6 is 11.3 Å². The van der Waals surface area contributed by atoms with E-state index in [1.807, 2.05) is 0 Å². The third kappa shape index (κ3) is 3.31. The van der Waals surface area contributed by atoms with Gasteiger partial charge in [0.15, 0.2) is 0 Å². The second-order valence-corrected chi connectivity index (χ2v) is 8.00. The first kappa shape index (κ1) is 18.0. The van der Waals surface area contributed by atoms with E-state index in [0.29, 0.717) is 35.9 Å². The summed E-state index contributed by atoms with van der Waals surface area (Å²) in [6, 6.07) is 0.977. The first-order valence-electron chi connectivity index (χ1n) is 8.14. The van der Waals surface area contributed by atoms with Crippen LogP contribution in [0.3, 0.4) is 0 Å². The van der Waals surface area contributed by atoms with Crippen molar-refractivity contribution in [2.75, 3.05) is 18.8 Å². The first-order valence-corrected chi connectivity index (χ1v) is 8.95. The van der Waals surface area contributed by atoms with Crippen LogP contribution in [0.4, 0.5) is 18.9 Å². The summed E-state index contributed by atoms with van der Waals surface area (Å²) in [5.41, 5.74) is 5.77. The number of anilines is 1. The lowest BCUT2D eigenvalue weighted by Gasteiger charge is -2.34. The quantitative estimate of drug-likeness (QED) is 0.812. The van der Waals surface area contributed by atoms with Crippen LogP contribution in [0.25, 0.3) is 10.2 Å². The second-order valence-electron chi connectivity index (χ2n) is 7.00. The number of carbonyl (C=O) groups excluding carboxylic acids is 1. The number of amides is 1. The van der Waals surface area contributed by atoms with Crippen molar-refractivity contribution in [2.24, 2.45) is 11.8 Å². The zero-order valence-electron chi connectivity index (χ0n) is 14.3. The number of likely N-dealkylation sites (tertiary alicyclic amines) is 1. The molecule has 3 rings (SSSR count). The summed E-state index contributed by atoms with van der Waals surface area (Å²) >= 11 is 0.945. The molecule has 0 radical (unpaired) electrons. The predicted molar refractivity (Wildman–Crippen MR) is 92.6 cm³/mol. The maximum atomic E-state index is 13.0. The van der Waals surface area contributed by atoms with E-state index < -0.39 is 11.9 Å². The molecule has 0 aliphatic carbocycles. The molecule has 2 atom stereocenters. The first-order chi connectivity index (χ1) is 11.6. The van der Waals surface area contributed by atoms with Gasteiger partial charge in [0, 0.05) is 18.5 Å². The van der Waals surface area contributed by atoms with Crippen LogP contribution in [0, 0.1) is 18.8 Å². The SMILES string of the molecule is Cc1cc(C(F)(F)F)nc2sc(C(=O)N3CC(C)CC(C)C3)c(N)c12. The molecule has 136 valence electrons. The molecule has 2 aromatic heterocycles. The molecule has 4 nitrogen and oxygen atoms in total. The van der Waals surface area contributed by atoms with Crippen molar-refractivity contribution in [3.05, 3.63) is 22.2 Å². The van der Waals surface area contributed by atoms with Crippen molar-refractivity contribution in [3.8, 4) is 0 Å². The Morgan fingerprint density at radius 3 is 2.48 bits per heavy atom. The molecule has 25 heavy (non-hydrogen) atoms. The number of carbonyl (C=O) groups is 1. The van der Waals surface area contributed by atoms with E-state index in [1.54, 1.807) is 11.8 Å². The van der Waals surface area contributed by atoms with Gasteiger partial charge in [0.1, 0.15) is 15.4 Å². The van der Waals surface area contributed by atoms with Crippen LogP contribution in [0.1, 0.15) is 41.2 Å². The molecule has 1 amide bonds. The van der Waals surface area contributed by atoms with E-state index in [1.165, 1.54) is 0 Å². The van der Waals surface area contributed by atoms with Gasteiger partial charge in [0.25, 0.3) is 5.91 Å². The summed E-state index contributed by atoms with van der Waals surface area (Å²) in [6.07, 6.45) is -3.47. The highest BCUT2D eigenvalue weighted by Gasteiger charge is 2.35. The van der Waals surface area contributed by atoms with E-state index in [9.17, 15) is 18.0 Å². The van der Waals surface area contributed by atoms with E-state index in [-0.39, 0.29) is 21.3 Å². The molecule has 0 spiro atoms. The predicted octanol–water partition coefficient (Wildman–Crippen LogP) is 4.32. The van der Waals surface area contributed by atoms with Crippen LogP contribution in [0.15, 0.2) is 6.07 Å². The number of nitrogens with two attached hydrogens (primary N) is 1. The maximum Gasteiger partial charge on any atom is 0.433 e. The van der Waals surface area contributed by atoms with E-state index in [2.05, 4.69) is 18.8 Å². The zero-order chi connectivity index (χ0) is 18.5. The normalized spacial score (nSPS) is 21.8. The third-order valence-corrected chi connectivity index (χ3v) is 5.62. The van der Waals surface area contributed by atoms with Gasteiger partial charge in [-0.3, -0.25) is 4.79 Å². The van der Waals surface area contributed by atoms with Gasteiger partial charge in [-0.25, -0.2) is 4.98 Å². The Labute approximate surface area is 147 Å². The molecule has 2 N–H and O–H groups in total. The number of piperidine rings is 1. The minimum absolute atomic E-state index is 0.159. The van der Waals surface area contributed by atoms with Crippen molar-refractivity contribution in [1.29, 1.82) is 0 Å². The van der Waals surface area contributed by atoms with Gasteiger partial charge in [-0.1, -0.05) is 13.8 Å². The van der Waals surface area contributed by atoms with Gasteiger partial charge in [-0.05, 0) is 36.8 Å². The number of pyridine rings is 1. The molecule has 1 aliphatic heterocycles. The fraction of sp³-hybridized carbons (Fsp3) is 0.529. The van der Waals surface area contributed by atoms with Crippen LogP contribution in [0.2, 0.25) is 0 Å². The molecule has 8 heteroatoms. The van der Waals surface area contributed by atoms with Crippen LogP contribution in [-0.4, -0.2) is 28.9 Å². The molecule has 0 saturated carbocycles. The van der Waals surface area contributed by atoms with Crippen molar-refractivity contribution in [1.82, 2.24) is 9.88 Å². The smallest absolute Gasteiger partial charge is 0.397 e. The van der Waals surface area contributed by atoms with Crippen molar-refractivity contribution < 1.29 is 18.0 Å². The molecule has 1 aliphatic rings. The Morgan fingerprint density at radius 1 is 1.32 bits per heavy atom. The second kappa shape index (κ2) is 6.16. The topological polar surface area (TPSA) is 59.2 Å². The van der Waals surface area contributed by atoms with Gasteiger partial charge >= 0.3 is 6.18 Å². The lowest BCUT2D eigenvalue weighted by atomic mass is 9.92. The lowest BCUT2D eigenvalue weighted by molar-refractivity contribution is -0.141. The fourth-order valence-electron chi connectivity index (χ4n) is 3.59. The minimum atomic E-state index is -4.53. The number of halogens is 3. The van der Waals surface area contributed by atoms with Gasteiger partial charge < -0.3 is 10.6 Å². The molecule has 2 unspecified atom stereocenters. The number of nitrogen functional groups attached to an aromatic ring is 1. The summed E-state index contributed by atoms with van der Waals surface area (Å²) in [5, 5.41) is 0.444. The van der Waals surface area contributed by atoms with E-state index in [4.69, 9.17) is 5.73 Å². The molecular formula is C17H20F3N3OS. The van der Waals surface area contributed by atoms with Crippen molar-refractivity contribution in [3.63, 3.8) is 0 Å². The summed E-state index contributed by atoms with van der Waals surface area (Å²) in [4.78, 5) is 18.8. The maximum absolute atomic E-state index is 13.0. The number of thiophene rings is 1. The highest BCUT2D eigenvalue weighted by molar-refractivity contribution is 7.21. The summed E-state index contributed by atoms with van der Waals surface area (Å²) in [6.45, 7) is 7.01. The van der Waals surface area contributed by atoms with Crippen LogP contribution in [0.5, 0.6) is 0 Å². The minimum Gasteiger partial charge on any atom is -0.397 e. The Balaban J connectivity index is 2.04. The summed E-state index contributed by atoms with van der Waals surface area (Å²) in [5.74, 6) is 0.562. The molecule has 2 aromatic rings. The Bertz CT molecular complexity index is 821. The van der Waals surface area contributed by atoms with E-state index >= 15 is 0 Å². The number of hydrogen-bond donors (Lipinski definition) is 1. The Kier molecular flexibility index (Phi) is 4.43. The van der Waals surface area contributed by atoms with Crippen molar-refractivity contribution in [2.45, 2.75) is 33.4 Å². The molecule has 0 aromatic carbocycles. The molecular weight excluding hydrogens is 351 g/mol. The van der Waals surface area contributed by atoms with Gasteiger partial charge in [0.05, 0.1) is 5.69 Å². The van der Waals surface area contributed by atoms with Gasteiger partial charge in [-0.2, -0.15) is 13.2 Å². The lowest BCUT2D eigenvalue weighted by Crippen LogP contribution is -2.42. The summed E-state index contributed by atoms with van der Waals surface area (Å²) < 4.78 is 38.9. The number of nitrogens with zero attached hydrogens (tertiary/aromatic N) is 2. The van der Waals surface area contributed by atoms with Gasteiger partial charge in [0.2, 0.25) is 0 Å². The average Bonchev–Trinajstić information content (AvgIpc) is 2.82. The molecule has 3 heterocycles. The average molecular weight is 371 g/mol. The number of rotatable bonds is 1.